The topological polar surface area (TPSA) is 49.3 Å². The monoisotopic (exact) mass is 295 g/mol. The van der Waals surface area contributed by atoms with Gasteiger partial charge in [-0.15, -0.1) is 0 Å². The Labute approximate surface area is 125 Å². The molecule has 1 amide bonds. The number of aliphatic hydroxyl groups excluding tert-OH is 1. The van der Waals surface area contributed by atoms with Gasteiger partial charge in [0.05, 0.1) is 6.10 Å². The maximum absolute atomic E-state index is 12.1. The highest BCUT2D eigenvalue weighted by Crippen LogP contribution is 2.49. The van der Waals surface area contributed by atoms with Gasteiger partial charge in [0.1, 0.15) is 0 Å². The normalized spacial score (nSPS) is 23.2. The van der Waals surface area contributed by atoms with Gasteiger partial charge in [-0.25, -0.2) is 0 Å². The van der Waals surface area contributed by atoms with E-state index in [9.17, 15) is 9.90 Å². The molecule has 0 aromatic heterocycles. The fourth-order valence-corrected chi connectivity index (χ4v) is 2.51. The quantitative estimate of drug-likeness (QED) is 0.897. The number of carbonyl (C=O) groups is 1. The smallest absolute Gasteiger partial charge is 0.223 e. The van der Waals surface area contributed by atoms with E-state index in [0.717, 1.165) is 17.0 Å². The van der Waals surface area contributed by atoms with Crippen LogP contribution >= 0.6 is 11.6 Å². The van der Waals surface area contributed by atoms with Crippen LogP contribution in [0, 0.1) is 11.3 Å². The first-order chi connectivity index (χ1) is 9.30. The zero-order valence-electron chi connectivity index (χ0n) is 12.2. The van der Waals surface area contributed by atoms with Crippen LogP contribution in [0.1, 0.15) is 38.7 Å². The Morgan fingerprint density at radius 1 is 1.45 bits per heavy atom. The summed E-state index contributed by atoms with van der Waals surface area (Å²) in [4.78, 5) is 12.1. The average molecular weight is 296 g/mol. The van der Waals surface area contributed by atoms with Gasteiger partial charge >= 0.3 is 0 Å². The predicted octanol–water partition coefficient (Wildman–Crippen LogP) is 2.97. The molecular formula is C16H22ClNO2. The molecule has 0 saturated heterocycles. The van der Waals surface area contributed by atoms with Gasteiger partial charge in [0.25, 0.3) is 0 Å². The fourth-order valence-electron chi connectivity index (χ4n) is 2.24. The lowest BCUT2D eigenvalue weighted by atomic mass is 9.89. The molecule has 0 spiro atoms. The van der Waals surface area contributed by atoms with E-state index in [0.29, 0.717) is 6.54 Å². The summed E-state index contributed by atoms with van der Waals surface area (Å²) in [7, 11) is 0. The summed E-state index contributed by atoms with van der Waals surface area (Å²) < 4.78 is 0. The van der Waals surface area contributed by atoms with E-state index >= 15 is 0 Å². The van der Waals surface area contributed by atoms with E-state index < -0.39 is 6.10 Å². The molecule has 1 fully saturated rings. The Bertz CT molecular complexity index is 495. The van der Waals surface area contributed by atoms with E-state index in [-0.39, 0.29) is 23.2 Å². The summed E-state index contributed by atoms with van der Waals surface area (Å²) in [6.07, 6.45) is 0.297. The van der Waals surface area contributed by atoms with Gasteiger partial charge in [-0.3, -0.25) is 4.79 Å². The van der Waals surface area contributed by atoms with Crippen LogP contribution < -0.4 is 5.32 Å². The molecule has 0 aliphatic heterocycles. The molecule has 2 rings (SSSR count). The van der Waals surface area contributed by atoms with Gasteiger partial charge in [-0.1, -0.05) is 50.6 Å². The SMILES string of the molecule is CC(C)(C)C(O)CNC(=O)C1CC1c1ccccc1Cl. The molecule has 0 bridgehead atoms. The van der Waals surface area contributed by atoms with Crippen LogP contribution in [0.3, 0.4) is 0 Å². The molecule has 20 heavy (non-hydrogen) atoms. The Kier molecular flexibility index (Phi) is 4.40. The van der Waals surface area contributed by atoms with Gasteiger partial charge < -0.3 is 10.4 Å². The van der Waals surface area contributed by atoms with Crippen LogP contribution in [-0.2, 0) is 4.79 Å². The molecule has 1 aliphatic rings. The van der Waals surface area contributed by atoms with Crippen molar-refractivity contribution in [2.75, 3.05) is 6.54 Å². The van der Waals surface area contributed by atoms with Gasteiger partial charge in [-0.2, -0.15) is 0 Å². The minimum absolute atomic E-state index is 0.0120. The molecular weight excluding hydrogens is 274 g/mol. The van der Waals surface area contributed by atoms with E-state index in [1.807, 2.05) is 45.0 Å². The Balaban J connectivity index is 1.87. The third kappa shape index (κ3) is 3.53. The number of aliphatic hydroxyl groups is 1. The van der Waals surface area contributed by atoms with E-state index in [1.54, 1.807) is 0 Å². The van der Waals surface area contributed by atoms with Crippen molar-refractivity contribution < 1.29 is 9.90 Å². The first kappa shape index (κ1) is 15.3. The maximum Gasteiger partial charge on any atom is 0.223 e. The lowest BCUT2D eigenvalue weighted by Gasteiger charge is -2.25. The molecule has 110 valence electrons. The molecule has 0 heterocycles. The predicted molar refractivity (Wildman–Crippen MR) is 80.8 cm³/mol. The number of rotatable bonds is 4. The Morgan fingerprint density at radius 3 is 2.70 bits per heavy atom. The van der Waals surface area contributed by atoms with Crippen molar-refractivity contribution in [1.82, 2.24) is 5.32 Å². The number of carbonyl (C=O) groups excluding carboxylic acids is 1. The molecule has 2 N–H and O–H groups in total. The summed E-state index contributed by atoms with van der Waals surface area (Å²) in [6, 6.07) is 7.67. The van der Waals surface area contributed by atoms with Crippen molar-refractivity contribution in [3.05, 3.63) is 34.9 Å². The van der Waals surface area contributed by atoms with Crippen LogP contribution in [0.2, 0.25) is 5.02 Å². The number of hydrogen-bond acceptors (Lipinski definition) is 2. The van der Waals surface area contributed by atoms with E-state index in [2.05, 4.69) is 5.32 Å². The molecule has 4 heteroatoms. The second-order valence-corrected chi connectivity index (χ2v) is 7.00. The van der Waals surface area contributed by atoms with Gasteiger partial charge in [0.15, 0.2) is 0 Å². The zero-order chi connectivity index (χ0) is 14.9. The van der Waals surface area contributed by atoms with Crippen molar-refractivity contribution in [1.29, 1.82) is 0 Å². The van der Waals surface area contributed by atoms with Crippen molar-refractivity contribution in [3.63, 3.8) is 0 Å². The molecule has 1 aliphatic carbocycles. The largest absolute Gasteiger partial charge is 0.391 e. The van der Waals surface area contributed by atoms with Gasteiger partial charge in [0.2, 0.25) is 5.91 Å². The van der Waals surface area contributed by atoms with Gasteiger partial charge in [-0.05, 0) is 29.4 Å². The highest BCUT2D eigenvalue weighted by Gasteiger charge is 2.44. The molecule has 3 nitrogen and oxygen atoms in total. The standard InChI is InChI=1S/C16H22ClNO2/c1-16(2,3)14(19)9-18-15(20)12-8-11(12)10-6-4-5-7-13(10)17/h4-7,11-12,14,19H,8-9H2,1-3H3,(H,18,20). The van der Waals surface area contributed by atoms with E-state index in [4.69, 9.17) is 11.6 Å². The Hall–Kier alpha value is -1.06. The summed E-state index contributed by atoms with van der Waals surface area (Å²) in [5.74, 6) is 0.218. The van der Waals surface area contributed by atoms with Crippen LogP contribution in [0.25, 0.3) is 0 Å². The number of amides is 1. The summed E-state index contributed by atoms with van der Waals surface area (Å²) in [5.41, 5.74) is 0.824. The van der Waals surface area contributed by atoms with Gasteiger partial charge in [0, 0.05) is 17.5 Å². The van der Waals surface area contributed by atoms with Crippen molar-refractivity contribution in [3.8, 4) is 0 Å². The van der Waals surface area contributed by atoms with Crippen LogP contribution in [-0.4, -0.2) is 23.7 Å². The number of benzene rings is 1. The molecule has 1 aromatic rings. The first-order valence-corrected chi connectivity index (χ1v) is 7.38. The molecule has 1 aromatic carbocycles. The maximum atomic E-state index is 12.1. The third-order valence-corrected chi connectivity index (χ3v) is 4.25. The third-order valence-electron chi connectivity index (χ3n) is 3.90. The second kappa shape index (κ2) is 5.74. The first-order valence-electron chi connectivity index (χ1n) is 7.01. The summed E-state index contributed by atoms with van der Waals surface area (Å²) in [5, 5.41) is 13.5. The zero-order valence-corrected chi connectivity index (χ0v) is 12.9. The minimum Gasteiger partial charge on any atom is -0.391 e. The van der Waals surface area contributed by atoms with Crippen molar-refractivity contribution in [2.24, 2.45) is 11.3 Å². The second-order valence-electron chi connectivity index (χ2n) is 6.60. The summed E-state index contributed by atoms with van der Waals surface area (Å²) >= 11 is 6.14. The molecule has 1 saturated carbocycles. The number of nitrogens with one attached hydrogen (secondary N) is 1. The van der Waals surface area contributed by atoms with Crippen molar-refractivity contribution >= 4 is 17.5 Å². The Morgan fingerprint density at radius 2 is 2.10 bits per heavy atom. The fraction of sp³-hybridized carbons (Fsp3) is 0.562. The lowest BCUT2D eigenvalue weighted by Crippen LogP contribution is -2.39. The lowest BCUT2D eigenvalue weighted by molar-refractivity contribution is -0.123. The van der Waals surface area contributed by atoms with Crippen LogP contribution in [0.5, 0.6) is 0 Å². The van der Waals surface area contributed by atoms with Crippen LogP contribution in [0.4, 0.5) is 0 Å². The highest BCUT2D eigenvalue weighted by atomic mass is 35.5. The average Bonchev–Trinajstić information content (AvgIpc) is 3.15. The minimum atomic E-state index is -0.538. The molecule has 3 atom stereocenters. The molecule has 3 unspecified atom stereocenters. The highest BCUT2D eigenvalue weighted by molar-refractivity contribution is 6.31. The number of halogens is 1. The van der Waals surface area contributed by atoms with Crippen molar-refractivity contribution in [2.45, 2.75) is 39.2 Å². The summed E-state index contributed by atoms with van der Waals surface area (Å²) in [6.45, 7) is 6.16. The van der Waals surface area contributed by atoms with E-state index in [1.165, 1.54) is 0 Å². The van der Waals surface area contributed by atoms with Crippen LogP contribution in [0.15, 0.2) is 24.3 Å². The number of hydrogen-bond donors (Lipinski definition) is 2. The molecule has 0 radical (unpaired) electrons.